The van der Waals surface area contributed by atoms with Crippen LogP contribution in [0.4, 0.5) is 0 Å². The minimum absolute atomic E-state index is 0.537. The summed E-state index contributed by atoms with van der Waals surface area (Å²) >= 11 is 7.73. The van der Waals surface area contributed by atoms with Crippen LogP contribution in [-0.2, 0) is 0 Å². The van der Waals surface area contributed by atoms with Gasteiger partial charge in [0.2, 0.25) is 0 Å². The minimum atomic E-state index is 0.537. The van der Waals surface area contributed by atoms with E-state index in [1.807, 2.05) is 6.07 Å². The van der Waals surface area contributed by atoms with Gasteiger partial charge in [-0.25, -0.2) is 0 Å². The van der Waals surface area contributed by atoms with E-state index in [2.05, 4.69) is 18.3 Å². The van der Waals surface area contributed by atoms with Gasteiger partial charge in [-0.2, -0.15) is 0 Å². The fourth-order valence-electron chi connectivity index (χ4n) is 2.51. The van der Waals surface area contributed by atoms with E-state index >= 15 is 0 Å². The molecule has 1 atom stereocenters. The number of halogens is 1. The van der Waals surface area contributed by atoms with Crippen molar-refractivity contribution in [1.29, 1.82) is 0 Å². The molecule has 0 aliphatic heterocycles. The van der Waals surface area contributed by atoms with Gasteiger partial charge in [0.15, 0.2) is 0 Å². The van der Waals surface area contributed by atoms with E-state index in [0.717, 1.165) is 16.8 Å². The molecule has 0 bridgehead atoms. The molecule has 1 fully saturated rings. The van der Waals surface area contributed by atoms with Crippen molar-refractivity contribution in [3.8, 4) is 0 Å². The normalized spacial score (nSPS) is 19.6. The molecule has 1 aromatic rings. The van der Waals surface area contributed by atoms with Crippen LogP contribution in [0.3, 0.4) is 0 Å². The van der Waals surface area contributed by atoms with Crippen molar-refractivity contribution in [2.75, 3.05) is 6.54 Å². The third-order valence-electron chi connectivity index (χ3n) is 3.20. The summed E-state index contributed by atoms with van der Waals surface area (Å²) in [6.07, 6.45) is 5.53. The van der Waals surface area contributed by atoms with Crippen LogP contribution < -0.4 is 5.32 Å². The van der Waals surface area contributed by atoms with Gasteiger partial charge in [-0.1, -0.05) is 31.4 Å². The maximum absolute atomic E-state index is 6.00. The van der Waals surface area contributed by atoms with Crippen molar-refractivity contribution in [1.82, 2.24) is 5.32 Å². The third kappa shape index (κ3) is 2.74. The standard InChI is InChI=1S/C12H18ClNS/c1-2-14-12(9-5-3-4-6-9)10-7-8-11(13)15-10/h7-9,12,14H,2-6H2,1H3. The molecule has 0 aromatic carbocycles. The van der Waals surface area contributed by atoms with Crippen LogP contribution in [0.25, 0.3) is 0 Å². The third-order valence-corrected chi connectivity index (χ3v) is 4.51. The molecule has 0 spiro atoms. The van der Waals surface area contributed by atoms with E-state index in [9.17, 15) is 0 Å². The van der Waals surface area contributed by atoms with Crippen LogP contribution >= 0.6 is 22.9 Å². The van der Waals surface area contributed by atoms with Crippen LogP contribution in [0.5, 0.6) is 0 Å². The largest absolute Gasteiger partial charge is 0.309 e. The molecule has 1 saturated carbocycles. The summed E-state index contributed by atoms with van der Waals surface area (Å²) in [4.78, 5) is 1.41. The minimum Gasteiger partial charge on any atom is -0.309 e. The molecule has 0 radical (unpaired) electrons. The Balaban J connectivity index is 2.11. The monoisotopic (exact) mass is 243 g/mol. The number of hydrogen-bond acceptors (Lipinski definition) is 2. The Labute approximate surface area is 101 Å². The Morgan fingerprint density at radius 3 is 2.73 bits per heavy atom. The number of hydrogen-bond donors (Lipinski definition) is 1. The first-order valence-electron chi connectivity index (χ1n) is 5.80. The molecular weight excluding hydrogens is 226 g/mol. The van der Waals surface area contributed by atoms with Gasteiger partial charge >= 0.3 is 0 Å². The van der Waals surface area contributed by atoms with E-state index in [1.54, 1.807) is 11.3 Å². The van der Waals surface area contributed by atoms with Gasteiger partial charge in [0, 0.05) is 10.9 Å². The lowest BCUT2D eigenvalue weighted by Gasteiger charge is -2.23. The maximum atomic E-state index is 6.00. The predicted molar refractivity (Wildman–Crippen MR) is 67.7 cm³/mol. The Bertz CT molecular complexity index is 304. The first kappa shape index (κ1) is 11.4. The lowest BCUT2D eigenvalue weighted by Crippen LogP contribution is -2.26. The quantitative estimate of drug-likeness (QED) is 0.834. The van der Waals surface area contributed by atoms with Gasteiger partial charge in [0.05, 0.1) is 4.34 Å². The summed E-state index contributed by atoms with van der Waals surface area (Å²) in [5.41, 5.74) is 0. The first-order valence-corrected chi connectivity index (χ1v) is 6.99. The molecule has 0 amide bonds. The van der Waals surface area contributed by atoms with Gasteiger partial charge in [0.1, 0.15) is 0 Å². The highest BCUT2D eigenvalue weighted by Gasteiger charge is 2.26. The second-order valence-corrected chi connectivity index (χ2v) is 5.97. The molecule has 3 heteroatoms. The van der Waals surface area contributed by atoms with Crippen molar-refractivity contribution in [2.45, 2.75) is 38.6 Å². The van der Waals surface area contributed by atoms with Gasteiger partial charge in [-0.3, -0.25) is 0 Å². The Hall–Kier alpha value is -0.0500. The molecule has 1 unspecified atom stereocenters. The Morgan fingerprint density at radius 1 is 1.47 bits per heavy atom. The van der Waals surface area contributed by atoms with Gasteiger partial charge in [-0.15, -0.1) is 11.3 Å². The van der Waals surface area contributed by atoms with Crippen LogP contribution in [0.1, 0.15) is 43.5 Å². The summed E-state index contributed by atoms with van der Waals surface area (Å²) in [5.74, 6) is 0.819. The van der Waals surface area contributed by atoms with Crippen molar-refractivity contribution < 1.29 is 0 Å². The molecule has 1 nitrogen and oxygen atoms in total. The zero-order valence-corrected chi connectivity index (χ0v) is 10.7. The fraction of sp³-hybridized carbons (Fsp3) is 0.667. The van der Waals surface area contributed by atoms with E-state index in [1.165, 1.54) is 30.6 Å². The maximum Gasteiger partial charge on any atom is 0.0931 e. The Morgan fingerprint density at radius 2 is 2.20 bits per heavy atom. The zero-order chi connectivity index (χ0) is 10.7. The number of nitrogens with one attached hydrogen (secondary N) is 1. The second-order valence-electron chi connectivity index (χ2n) is 4.22. The van der Waals surface area contributed by atoms with Gasteiger partial charge < -0.3 is 5.32 Å². The smallest absolute Gasteiger partial charge is 0.0931 e. The van der Waals surface area contributed by atoms with Crippen LogP contribution in [0, 0.1) is 5.92 Å². The summed E-state index contributed by atoms with van der Waals surface area (Å²) in [7, 11) is 0. The second kappa shape index (κ2) is 5.33. The summed E-state index contributed by atoms with van der Waals surface area (Å²) in [6.45, 7) is 3.22. The van der Waals surface area contributed by atoms with Crippen molar-refractivity contribution in [3.63, 3.8) is 0 Å². The predicted octanol–water partition coefficient (Wildman–Crippen LogP) is 4.24. The summed E-state index contributed by atoms with van der Waals surface area (Å²) in [5, 5.41) is 3.61. The fourth-order valence-corrected chi connectivity index (χ4v) is 3.74. The Kier molecular flexibility index (Phi) is 4.06. The molecule has 84 valence electrons. The van der Waals surface area contributed by atoms with Crippen LogP contribution in [-0.4, -0.2) is 6.54 Å². The molecular formula is C12H18ClNS. The van der Waals surface area contributed by atoms with Crippen LogP contribution in [0.15, 0.2) is 12.1 Å². The van der Waals surface area contributed by atoms with Crippen molar-refractivity contribution >= 4 is 22.9 Å². The first-order chi connectivity index (χ1) is 7.31. The van der Waals surface area contributed by atoms with Crippen molar-refractivity contribution in [2.24, 2.45) is 5.92 Å². The highest BCUT2D eigenvalue weighted by Crippen LogP contribution is 2.38. The highest BCUT2D eigenvalue weighted by atomic mass is 35.5. The van der Waals surface area contributed by atoms with Crippen LogP contribution in [0.2, 0.25) is 4.34 Å². The SMILES string of the molecule is CCNC(c1ccc(Cl)s1)C1CCCC1. The average Bonchev–Trinajstić information content (AvgIpc) is 2.85. The van der Waals surface area contributed by atoms with E-state index in [-0.39, 0.29) is 0 Å². The topological polar surface area (TPSA) is 12.0 Å². The van der Waals surface area contributed by atoms with E-state index in [4.69, 9.17) is 11.6 Å². The summed E-state index contributed by atoms with van der Waals surface area (Å²) < 4.78 is 0.908. The van der Waals surface area contributed by atoms with Gasteiger partial charge in [-0.05, 0) is 37.4 Å². The zero-order valence-electron chi connectivity index (χ0n) is 9.13. The highest BCUT2D eigenvalue weighted by molar-refractivity contribution is 7.16. The number of thiophene rings is 1. The lowest BCUT2D eigenvalue weighted by atomic mass is 9.97. The molecule has 1 aliphatic carbocycles. The molecule has 1 aromatic heterocycles. The lowest BCUT2D eigenvalue weighted by molar-refractivity contribution is 0.379. The molecule has 15 heavy (non-hydrogen) atoms. The molecule has 1 aliphatic rings. The van der Waals surface area contributed by atoms with E-state index < -0.39 is 0 Å². The summed E-state index contributed by atoms with van der Waals surface area (Å²) in [6, 6.07) is 4.73. The average molecular weight is 244 g/mol. The molecule has 2 rings (SSSR count). The van der Waals surface area contributed by atoms with E-state index in [0.29, 0.717) is 6.04 Å². The number of rotatable bonds is 4. The molecule has 0 saturated heterocycles. The van der Waals surface area contributed by atoms with Gasteiger partial charge in [0.25, 0.3) is 0 Å². The molecule has 1 N–H and O–H groups in total. The van der Waals surface area contributed by atoms with Crippen molar-refractivity contribution in [3.05, 3.63) is 21.3 Å². The molecule has 1 heterocycles.